The third-order valence-electron chi connectivity index (χ3n) is 3.17. The molecule has 2 rings (SSSR count). The molecule has 0 fully saturated rings. The van der Waals surface area contributed by atoms with E-state index in [4.69, 9.17) is 28.9 Å². The Bertz CT molecular complexity index is 848. The second-order valence-corrected chi connectivity index (χ2v) is 6.53. The van der Waals surface area contributed by atoms with Crippen LogP contribution in [0.4, 0.5) is 5.00 Å². The molecule has 2 aromatic rings. The number of nitrogens with two attached hydrogens (primary N) is 1. The van der Waals surface area contributed by atoms with E-state index in [1.807, 2.05) is 0 Å². The third-order valence-corrected chi connectivity index (χ3v) is 5.10. The van der Waals surface area contributed by atoms with Gasteiger partial charge in [0, 0.05) is 5.56 Å². The Morgan fingerprint density at radius 1 is 1.21 bits per heavy atom. The first-order chi connectivity index (χ1) is 11.3. The van der Waals surface area contributed by atoms with E-state index in [2.05, 4.69) is 10.1 Å². The summed E-state index contributed by atoms with van der Waals surface area (Å²) in [6.45, 7) is 1.55. The predicted molar refractivity (Wildman–Crippen MR) is 93.3 cm³/mol. The number of amides is 2. The minimum atomic E-state index is -0.761. The van der Waals surface area contributed by atoms with Gasteiger partial charge in [-0.25, -0.2) is 4.79 Å². The third kappa shape index (κ3) is 3.53. The number of carbonyl (C=O) groups excluding carboxylic acids is 3. The van der Waals surface area contributed by atoms with E-state index < -0.39 is 17.8 Å². The molecule has 1 heterocycles. The zero-order valence-corrected chi connectivity index (χ0v) is 14.9. The normalized spacial score (nSPS) is 10.3. The van der Waals surface area contributed by atoms with E-state index >= 15 is 0 Å². The predicted octanol–water partition coefficient (Wildman–Crippen LogP) is 3.50. The zero-order valence-electron chi connectivity index (χ0n) is 12.6. The van der Waals surface area contributed by atoms with Gasteiger partial charge >= 0.3 is 5.97 Å². The number of nitrogens with one attached hydrogen (secondary N) is 1. The maximum absolute atomic E-state index is 12.3. The van der Waals surface area contributed by atoms with Gasteiger partial charge in [-0.05, 0) is 30.7 Å². The van der Waals surface area contributed by atoms with Crippen molar-refractivity contribution in [2.45, 2.75) is 6.92 Å². The van der Waals surface area contributed by atoms with Crippen LogP contribution in [0.5, 0.6) is 0 Å². The Balaban J connectivity index is 2.41. The second kappa shape index (κ2) is 7.21. The number of hydrogen-bond acceptors (Lipinski definition) is 5. The van der Waals surface area contributed by atoms with Crippen molar-refractivity contribution in [3.05, 3.63) is 49.8 Å². The first kappa shape index (κ1) is 18.3. The number of primary amides is 1. The molecular weight excluding hydrogens is 375 g/mol. The molecule has 6 nitrogen and oxygen atoms in total. The highest BCUT2D eigenvalue weighted by Gasteiger charge is 2.25. The molecule has 1 aromatic carbocycles. The van der Waals surface area contributed by atoms with Gasteiger partial charge in [0.25, 0.3) is 11.8 Å². The molecule has 0 atom stereocenters. The van der Waals surface area contributed by atoms with Crippen LogP contribution in [0.15, 0.2) is 18.2 Å². The molecule has 3 N–H and O–H groups in total. The smallest absolute Gasteiger partial charge is 0.348 e. The van der Waals surface area contributed by atoms with Crippen molar-refractivity contribution in [3.8, 4) is 0 Å². The van der Waals surface area contributed by atoms with Crippen molar-refractivity contribution in [1.82, 2.24) is 0 Å². The molecule has 0 saturated heterocycles. The number of hydrogen-bond donors (Lipinski definition) is 2. The van der Waals surface area contributed by atoms with Gasteiger partial charge in [0.2, 0.25) is 0 Å². The van der Waals surface area contributed by atoms with Crippen molar-refractivity contribution in [3.63, 3.8) is 0 Å². The maximum Gasteiger partial charge on any atom is 0.348 e. The van der Waals surface area contributed by atoms with E-state index in [0.717, 1.165) is 11.3 Å². The van der Waals surface area contributed by atoms with Gasteiger partial charge in [-0.1, -0.05) is 23.2 Å². The van der Waals surface area contributed by atoms with Crippen molar-refractivity contribution >= 4 is 57.3 Å². The lowest BCUT2D eigenvalue weighted by atomic mass is 10.1. The summed E-state index contributed by atoms with van der Waals surface area (Å²) in [5.74, 6) is -1.90. The van der Waals surface area contributed by atoms with Crippen LogP contribution in [-0.2, 0) is 4.74 Å². The summed E-state index contributed by atoms with van der Waals surface area (Å²) in [7, 11) is 1.22. The van der Waals surface area contributed by atoms with E-state index in [1.54, 1.807) is 6.92 Å². The highest BCUT2D eigenvalue weighted by atomic mass is 35.5. The molecule has 0 aliphatic heterocycles. The van der Waals surface area contributed by atoms with Crippen molar-refractivity contribution in [2.24, 2.45) is 5.73 Å². The summed E-state index contributed by atoms with van der Waals surface area (Å²) in [6, 6.07) is 4.35. The SMILES string of the molecule is COC(=O)c1sc(NC(=O)c2ccc(Cl)c(Cl)c2)c(C(N)=O)c1C. The summed E-state index contributed by atoms with van der Waals surface area (Å²) in [5, 5.41) is 3.26. The summed E-state index contributed by atoms with van der Waals surface area (Å²) < 4.78 is 4.66. The summed E-state index contributed by atoms with van der Waals surface area (Å²) >= 11 is 12.6. The largest absolute Gasteiger partial charge is 0.465 e. The van der Waals surface area contributed by atoms with Gasteiger partial charge < -0.3 is 15.8 Å². The number of rotatable bonds is 4. The lowest BCUT2D eigenvalue weighted by Crippen LogP contribution is -2.17. The maximum atomic E-state index is 12.3. The number of methoxy groups -OCH3 is 1. The lowest BCUT2D eigenvalue weighted by molar-refractivity contribution is 0.0605. The first-order valence-corrected chi connectivity index (χ1v) is 8.11. The standard InChI is InChI=1S/C15H12Cl2N2O4S/c1-6-10(12(18)20)14(24-11(6)15(22)23-2)19-13(21)7-3-4-8(16)9(17)5-7/h3-5H,1-2H3,(H2,18,20)(H,19,21). The van der Waals surface area contributed by atoms with Crippen LogP contribution < -0.4 is 11.1 Å². The number of ether oxygens (including phenoxy) is 1. The van der Waals surface area contributed by atoms with E-state index in [0.29, 0.717) is 10.6 Å². The van der Waals surface area contributed by atoms with Crippen molar-refractivity contribution in [2.75, 3.05) is 12.4 Å². The number of thiophene rings is 1. The Morgan fingerprint density at radius 3 is 2.42 bits per heavy atom. The minimum absolute atomic E-state index is 0.0637. The molecule has 126 valence electrons. The molecule has 0 aliphatic rings. The number of halogens is 2. The summed E-state index contributed by atoms with van der Waals surface area (Å²) in [5.41, 5.74) is 6.01. The molecule has 2 amide bonds. The summed E-state index contributed by atoms with van der Waals surface area (Å²) in [4.78, 5) is 36.0. The second-order valence-electron chi connectivity index (χ2n) is 4.70. The van der Waals surface area contributed by atoms with Gasteiger partial charge in [-0.2, -0.15) is 0 Å². The number of esters is 1. The number of anilines is 1. The number of benzene rings is 1. The van der Waals surface area contributed by atoms with Gasteiger partial charge in [-0.15, -0.1) is 11.3 Å². The van der Waals surface area contributed by atoms with Gasteiger partial charge in [0.15, 0.2) is 0 Å². The Hall–Kier alpha value is -2.09. The average Bonchev–Trinajstić information content (AvgIpc) is 2.85. The van der Waals surface area contributed by atoms with Gasteiger partial charge in [0.05, 0.1) is 22.7 Å². The molecule has 9 heteroatoms. The molecule has 0 saturated carbocycles. The molecule has 0 bridgehead atoms. The van der Waals surface area contributed by atoms with Crippen molar-refractivity contribution in [1.29, 1.82) is 0 Å². The molecule has 0 unspecified atom stereocenters. The molecule has 0 aliphatic carbocycles. The fraction of sp³-hybridized carbons (Fsp3) is 0.133. The van der Waals surface area contributed by atoms with E-state index in [9.17, 15) is 14.4 Å². The highest BCUT2D eigenvalue weighted by Crippen LogP contribution is 2.34. The number of carbonyl (C=O) groups is 3. The fourth-order valence-corrected chi connectivity index (χ4v) is 3.42. The molecule has 24 heavy (non-hydrogen) atoms. The first-order valence-electron chi connectivity index (χ1n) is 6.54. The fourth-order valence-electron chi connectivity index (χ4n) is 2.00. The Morgan fingerprint density at radius 2 is 1.88 bits per heavy atom. The van der Waals surface area contributed by atoms with Gasteiger partial charge in [-0.3, -0.25) is 9.59 Å². The Labute approximate surface area is 151 Å². The van der Waals surface area contributed by atoms with Crippen LogP contribution in [0.25, 0.3) is 0 Å². The van der Waals surface area contributed by atoms with Crippen LogP contribution in [-0.4, -0.2) is 24.9 Å². The molecule has 0 radical (unpaired) electrons. The van der Waals surface area contributed by atoms with Gasteiger partial charge in [0.1, 0.15) is 9.88 Å². The quantitative estimate of drug-likeness (QED) is 0.785. The zero-order chi connectivity index (χ0) is 18.0. The topological polar surface area (TPSA) is 98.5 Å². The van der Waals surface area contributed by atoms with Crippen LogP contribution in [0, 0.1) is 6.92 Å². The van der Waals surface area contributed by atoms with Crippen LogP contribution in [0.3, 0.4) is 0 Å². The lowest BCUT2D eigenvalue weighted by Gasteiger charge is -2.06. The van der Waals surface area contributed by atoms with Crippen LogP contribution >= 0.6 is 34.5 Å². The Kier molecular flexibility index (Phi) is 5.48. The summed E-state index contributed by atoms with van der Waals surface area (Å²) in [6.07, 6.45) is 0. The molecule has 1 aromatic heterocycles. The van der Waals surface area contributed by atoms with Crippen molar-refractivity contribution < 1.29 is 19.1 Å². The highest BCUT2D eigenvalue weighted by molar-refractivity contribution is 7.18. The van der Waals surface area contributed by atoms with Crippen LogP contribution in [0.1, 0.15) is 36.0 Å². The monoisotopic (exact) mass is 386 g/mol. The molecule has 0 spiro atoms. The van der Waals surface area contributed by atoms with Crippen LogP contribution in [0.2, 0.25) is 10.0 Å². The minimum Gasteiger partial charge on any atom is -0.465 e. The van der Waals surface area contributed by atoms with E-state index in [1.165, 1.54) is 25.3 Å². The average molecular weight is 387 g/mol. The molecular formula is C15H12Cl2N2O4S. The van der Waals surface area contributed by atoms with E-state index in [-0.39, 0.29) is 26.0 Å².